The molecular formula is C15H15N7O. The number of H-pyrrole nitrogens is 1. The van der Waals surface area contributed by atoms with Crippen molar-refractivity contribution in [1.29, 1.82) is 0 Å². The zero-order chi connectivity index (χ0) is 15.8. The summed E-state index contributed by atoms with van der Waals surface area (Å²) in [5.41, 5.74) is 2.54. The summed E-state index contributed by atoms with van der Waals surface area (Å²) in [6.07, 6.45) is 5.31. The van der Waals surface area contributed by atoms with Crippen LogP contribution in [0.2, 0.25) is 0 Å². The van der Waals surface area contributed by atoms with Gasteiger partial charge in [0.1, 0.15) is 12.0 Å². The molecule has 0 unspecified atom stereocenters. The molecule has 8 nitrogen and oxygen atoms in total. The maximum atomic E-state index is 12.0. The molecule has 116 valence electrons. The average Bonchev–Trinajstić information content (AvgIpc) is 3.15. The van der Waals surface area contributed by atoms with Gasteiger partial charge in [0.25, 0.3) is 11.3 Å². The number of aromatic amines is 1. The Morgan fingerprint density at radius 2 is 2.17 bits per heavy atom. The fraction of sp³-hybridized carbons (Fsp3) is 0.200. The van der Waals surface area contributed by atoms with E-state index in [2.05, 4.69) is 29.4 Å². The van der Waals surface area contributed by atoms with Gasteiger partial charge in [0.15, 0.2) is 0 Å². The van der Waals surface area contributed by atoms with Gasteiger partial charge >= 0.3 is 0 Å². The summed E-state index contributed by atoms with van der Waals surface area (Å²) in [5, 5.41) is 2.73. The van der Waals surface area contributed by atoms with E-state index < -0.39 is 0 Å². The number of hydrogen-bond acceptors (Lipinski definition) is 5. The summed E-state index contributed by atoms with van der Waals surface area (Å²) < 4.78 is 3.36. The van der Waals surface area contributed by atoms with E-state index in [1.807, 2.05) is 37.6 Å². The van der Waals surface area contributed by atoms with Crippen molar-refractivity contribution in [2.45, 2.75) is 13.1 Å². The van der Waals surface area contributed by atoms with Crippen LogP contribution in [0, 0.1) is 0 Å². The Hall–Kier alpha value is -3.00. The molecular weight excluding hydrogens is 294 g/mol. The van der Waals surface area contributed by atoms with Crippen molar-refractivity contribution in [3.05, 3.63) is 64.7 Å². The Balaban J connectivity index is 1.57. The molecule has 0 bridgehead atoms. The third-order valence-electron chi connectivity index (χ3n) is 3.68. The Kier molecular flexibility index (Phi) is 3.16. The topological polar surface area (TPSA) is 83.6 Å². The molecule has 0 saturated carbocycles. The molecule has 4 aromatic rings. The second-order valence-electron chi connectivity index (χ2n) is 5.46. The summed E-state index contributed by atoms with van der Waals surface area (Å²) in [4.78, 5) is 26.8. The van der Waals surface area contributed by atoms with Crippen molar-refractivity contribution < 1.29 is 0 Å². The van der Waals surface area contributed by atoms with Crippen LogP contribution in [0.4, 0.5) is 0 Å². The monoisotopic (exact) mass is 309 g/mol. The lowest BCUT2D eigenvalue weighted by Crippen LogP contribution is -2.22. The van der Waals surface area contributed by atoms with Gasteiger partial charge in [0, 0.05) is 25.4 Å². The lowest BCUT2D eigenvalue weighted by atomic mass is 10.3. The van der Waals surface area contributed by atoms with E-state index in [4.69, 9.17) is 0 Å². The highest BCUT2D eigenvalue weighted by atomic mass is 16.1. The first-order chi connectivity index (χ1) is 11.2. The molecule has 0 amide bonds. The van der Waals surface area contributed by atoms with Crippen LogP contribution in [0.3, 0.4) is 0 Å². The van der Waals surface area contributed by atoms with E-state index in [9.17, 15) is 4.79 Å². The van der Waals surface area contributed by atoms with E-state index in [0.29, 0.717) is 24.6 Å². The summed E-state index contributed by atoms with van der Waals surface area (Å²) in [6, 6.07) is 7.44. The van der Waals surface area contributed by atoms with Crippen LogP contribution >= 0.6 is 0 Å². The number of imidazole rings is 1. The molecule has 0 fully saturated rings. The van der Waals surface area contributed by atoms with Crippen LogP contribution in [0.5, 0.6) is 0 Å². The molecule has 8 heteroatoms. The number of pyridine rings is 1. The number of nitrogens with one attached hydrogen (secondary N) is 1. The highest BCUT2D eigenvalue weighted by molar-refractivity contribution is 5.39. The van der Waals surface area contributed by atoms with Crippen LogP contribution in [0.25, 0.3) is 11.4 Å². The minimum Gasteiger partial charge on any atom is -0.303 e. The van der Waals surface area contributed by atoms with Gasteiger partial charge in [0.05, 0.1) is 17.6 Å². The van der Waals surface area contributed by atoms with E-state index in [1.165, 1.54) is 16.9 Å². The van der Waals surface area contributed by atoms with Crippen molar-refractivity contribution in [2.75, 3.05) is 7.05 Å². The lowest BCUT2D eigenvalue weighted by molar-refractivity contribution is 0.310. The van der Waals surface area contributed by atoms with E-state index in [1.54, 1.807) is 0 Å². The fourth-order valence-corrected chi connectivity index (χ4v) is 2.66. The lowest BCUT2D eigenvalue weighted by Gasteiger charge is -2.15. The zero-order valence-corrected chi connectivity index (χ0v) is 12.5. The van der Waals surface area contributed by atoms with Crippen LogP contribution in [-0.4, -0.2) is 40.9 Å². The molecule has 23 heavy (non-hydrogen) atoms. The van der Waals surface area contributed by atoms with Crippen LogP contribution in [0.15, 0.2) is 47.8 Å². The Labute approximate surface area is 131 Å². The van der Waals surface area contributed by atoms with E-state index in [0.717, 1.165) is 11.3 Å². The number of aromatic nitrogens is 6. The predicted octanol–water partition coefficient (Wildman–Crippen LogP) is 0.697. The van der Waals surface area contributed by atoms with Gasteiger partial charge in [0.2, 0.25) is 0 Å². The SMILES string of the molecule is CN(Cc1cc(=O)n2[nH]cnc2n1)Cc1cnc2ccccn12. The van der Waals surface area contributed by atoms with Crippen LogP contribution < -0.4 is 5.56 Å². The Morgan fingerprint density at radius 1 is 1.26 bits per heavy atom. The van der Waals surface area contributed by atoms with Gasteiger partial charge < -0.3 is 4.40 Å². The molecule has 4 heterocycles. The van der Waals surface area contributed by atoms with Gasteiger partial charge in [-0.2, -0.15) is 4.52 Å². The second-order valence-corrected chi connectivity index (χ2v) is 5.46. The van der Waals surface area contributed by atoms with Crippen molar-refractivity contribution in [3.63, 3.8) is 0 Å². The molecule has 0 saturated heterocycles. The standard InChI is InChI=1S/C15H15N7O/c1-20(9-12-7-16-13-4-2-3-5-21(12)13)8-11-6-14(23)22-15(19-11)17-10-18-22/h2-7,10H,8-9H2,1H3,(H,17,18,19). The first kappa shape index (κ1) is 13.6. The van der Waals surface area contributed by atoms with Crippen molar-refractivity contribution in [1.82, 2.24) is 33.9 Å². The molecule has 0 aliphatic heterocycles. The number of rotatable bonds is 4. The number of fused-ring (bicyclic) bond motifs is 2. The van der Waals surface area contributed by atoms with Crippen molar-refractivity contribution >= 4 is 11.4 Å². The molecule has 0 atom stereocenters. The third kappa shape index (κ3) is 2.49. The molecule has 0 aliphatic carbocycles. The predicted molar refractivity (Wildman–Crippen MR) is 84.0 cm³/mol. The average molecular weight is 309 g/mol. The van der Waals surface area contributed by atoms with Gasteiger partial charge in [-0.25, -0.2) is 15.0 Å². The van der Waals surface area contributed by atoms with E-state index in [-0.39, 0.29) is 5.56 Å². The van der Waals surface area contributed by atoms with Gasteiger partial charge in [-0.1, -0.05) is 6.07 Å². The third-order valence-corrected chi connectivity index (χ3v) is 3.68. The van der Waals surface area contributed by atoms with Gasteiger partial charge in [-0.3, -0.25) is 14.8 Å². The summed E-state index contributed by atoms with van der Waals surface area (Å²) >= 11 is 0. The second kappa shape index (κ2) is 5.33. The highest BCUT2D eigenvalue weighted by Crippen LogP contribution is 2.09. The fourth-order valence-electron chi connectivity index (χ4n) is 2.66. The largest absolute Gasteiger partial charge is 0.303 e. The molecule has 4 rings (SSSR count). The van der Waals surface area contributed by atoms with Crippen LogP contribution in [0.1, 0.15) is 11.4 Å². The minimum atomic E-state index is -0.161. The molecule has 0 aliphatic rings. The normalized spacial score (nSPS) is 11.7. The molecule has 1 N–H and O–H groups in total. The number of hydrogen-bond donors (Lipinski definition) is 1. The first-order valence-corrected chi connectivity index (χ1v) is 7.22. The summed E-state index contributed by atoms with van der Waals surface area (Å²) in [6.45, 7) is 1.26. The summed E-state index contributed by atoms with van der Waals surface area (Å²) in [7, 11) is 1.98. The van der Waals surface area contributed by atoms with Gasteiger partial charge in [-0.05, 0) is 19.2 Å². The van der Waals surface area contributed by atoms with E-state index >= 15 is 0 Å². The highest BCUT2D eigenvalue weighted by Gasteiger charge is 2.09. The van der Waals surface area contributed by atoms with Crippen LogP contribution in [-0.2, 0) is 13.1 Å². The van der Waals surface area contributed by atoms with Crippen molar-refractivity contribution in [2.24, 2.45) is 0 Å². The maximum absolute atomic E-state index is 12.0. The van der Waals surface area contributed by atoms with Crippen molar-refractivity contribution in [3.8, 4) is 0 Å². The van der Waals surface area contributed by atoms with Gasteiger partial charge in [-0.15, -0.1) is 0 Å². The zero-order valence-electron chi connectivity index (χ0n) is 12.5. The minimum absolute atomic E-state index is 0.161. The maximum Gasteiger partial charge on any atom is 0.274 e. The molecule has 4 aromatic heterocycles. The molecule has 0 radical (unpaired) electrons. The smallest absolute Gasteiger partial charge is 0.274 e. The summed E-state index contributed by atoms with van der Waals surface area (Å²) in [5.74, 6) is 0.385. The molecule has 0 aromatic carbocycles. The number of nitrogens with zero attached hydrogens (tertiary/aromatic N) is 6. The quantitative estimate of drug-likeness (QED) is 0.600. The Bertz CT molecular complexity index is 1030. The Morgan fingerprint density at radius 3 is 3.09 bits per heavy atom. The molecule has 0 spiro atoms. The first-order valence-electron chi connectivity index (χ1n) is 7.22.